The molecule has 2 aromatic rings. The van der Waals surface area contributed by atoms with Gasteiger partial charge in [0.2, 0.25) is 5.95 Å². The molecule has 0 amide bonds. The van der Waals surface area contributed by atoms with Crippen LogP contribution in [0.15, 0.2) is 6.20 Å². The summed E-state index contributed by atoms with van der Waals surface area (Å²) in [6.45, 7) is 6.87. The number of rotatable bonds is 3. The third-order valence-electron chi connectivity index (χ3n) is 4.30. The Morgan fingerprint density at radius 1 is 1.35 bits per heavy atom. The van der Waals surface area contributed by atoms with Crippen LogP contribution in [0.4, 0.5) is 5.95 Å². The Balaban J connectivity index is 1.74. The van der Waals surface area contributed by atoms with E-state index in [2.05, 4.69) is 37.2 Å². The van der Waals surface area contributed by atoms with E-state index in [0.717, 1.165) is 55.5 Å². The van der Waals surface area contributed by atoms with Crippen LogP contribution < -0.4 is 10.6 Å². The van der Waals surface area contributed by atoms with Crippen molar-refractivity contribution in [3.63, 3.8) is 0 Å². The number of aryl methyl sites for hydroxylation is 1. The maximum absolute atomic E-state index is 5.84. The minimum atomic E-state index is 0.261. The zero-order valence-electron chi connectivity index (χ0n) is 12.0. The third kappa shape index (κ3) is 2.29. The first-order valence-electron chi connectivity index (χ1n) is 6.99. The molecule has 0 aliphatic carbocycles. The van der Waals surface area contributed by atoms with Crippen molar-refractivity contribution in [2.24, 2.45) is 11.1 Å². The van der Waals surface area contributed by atoms with Crippen molar-refractivity contribution in [2.75, 3.05) is 24.5 Å². The first kappa shape index (κ1) is 13.1. The highest BCUT2D eigenvalue weighted by Gasteiger charge is 2.30. The molecule has 2 aromatic heterocycles. The minimum Gasteiger partial charge on any atom is -0.339 e. The average Bonchev–Trinajstić information content (AvgIpc) is 3.08. The van der Waals surface area contributed by atoms with E-state index in [1.165, 1.54) is 0 Å². The number of nitrogens with two attached hydrogens (primary N) is 1. The number of hydrogen-bond donors (Lipinski definition) is 3. The van der Waals surface area contributed by atoms with E-state index >= 15 is 0 Å². The molecular weight excluding hydrogens is 254 g/mol. The molecule has 0 bridgehead atoms. The second kappa shape index (κ2) is 4.90. The van der Waals surface area contributed by atoms with Crippen molar-refractivity contribution in [1.82, 2.24) is 25.4 Å². The van der Waals surface area contributed by atoms with Gasteiger partial charge in [-0.2, -0.15) is 10.1 Å². The molecule has 1 fully saturated rings. The Hall–Kier alpha value is -1.89. The van der Waals surface area contributed by atoms with E-state index in [0.29, 0.717) is 0 Å². The van der Waals surface area contributed by atoms with E-state index < -0.39 is 0 Å². The monoisotopic (exact) mass is 275 g/mol. The van der Waals surface area contributed by atoms with Gasteiger partial charge in [-0.15, -0.1) is 5.10 Å². The number of nitrogens with zero attached hydrogens (tertiary/aromatic N) is 4. The van der Waals surface area contributed by atoms with Crippen molar-refractivity contribution in [3.05, 3.63) is 11.9 Å². The van der Waals surface area contributed by atoms with Crippen molar-refractivity contribution in [3.8, 4) is 11.4 Å². The molecule has 0 unspecified atom stereocenters. The van der Waals surface area contributed by atoms with Gasteiger partial charge < -0.3 is 10.6 Å². The van der Waals surface area contributed by atoms with Crippen LogP contribution in [0.3, 0.4) is 0 Å². The maximum atomic E-state index is 5.84. The van der Waals surface area contributed by atoms with Gasteiger partial charge in [0, 0.05) is 18.8 Å². The van der Waals surface area contributed by atoms with Gasteiger partial charge in [0.05, 0.1) is 11.8 Å². The summed E-state index contributed by atoms with van der Waals surface area (Å²) >= 11 is 0. The van der Waals surface area contributed by atoms with E-state index in [-0.39, 0.29) is 5.41 Å². The standard InChI is InChI=1S/C13H21N7/c1-9-10(7-15-17-9)11-16-12(19-18-11)20-5-3-13(2,8-14)4-6-20/h7H,3-6,8,14H2,1-2H3,(H,15,17)(H,16,18,19). The molecule has 1 aliphatic rings. The summed E-state index contributed by atoms with van der Waals surface area (Å²) in [6, 6.07) is 0. The summed E-state index contributed by atoms with van der Waals surface area (Å²) < 4.78 is 0. The van der Waals surface area contributed by atoms with Crippen LogP contribution in [0, 0.1) is 12.3 Å². The maximum Gasteiger partial charge on any atom is 0.245 e. The fraction of sp³-hybridized carbons (Fsp3) is 0.615. The molecule has 0 saturated carbocycles. The van der Waals surface area contributed by atoms with E-state index in [9.17, 15) is 0 Å². The molecule has 1 saturated heterocycles. The minimum absolute atomic E-state index is 0.261. The smallest absolute Gasteiger partial charge is 0.245 e. The average molecular weight is 275 g/mol. The van der Waals surface area contributed by atoms with Crippen LogP contribution in [0.5, 0.6) is 0 Å². The normalized spacial score (nSPS) is 18.4. The molecule has 3 rings (SSSR count). The molecule has 7 nitrogen and oxygen atoms in total. The van der Waals surface area contributed by atoms with Gasteiger partial charge in [-0.25, -0.2) is 0 Å². The molecule has 0 radical (unpaired) electrons. The lowest BCUT2D eigenvalue weighted by molar-refractivity contribution is 0.257. The number of piperidine rings is 1. The lowest BCUT2D eigenvalue weighted by atomic mass is 9.81. The van der Waals surface area contributed by atoms with Gasteiger partial charge in [0.1, 0.15) is 0 Å². The molecule has 0 spiro atoms. The van der Waals surface area contributed by atoms with Crippen LogP contribution in [0.1, 0.15) is 25.5 Å². The van der Waals surface area contributed by atoms with E-state index in [1.807, 2.05) is 6.92 Å². The Labute approximate surface area is 118 Å². The molecule has 20 heavy (non-hydrogen) atoms. The largest absolute Gasteiger partial charge is 0.339 e. The summed E-state index contributed by atoms with van der Waals surface area (Å²) in [6.07, 6.45) is 3.93. The van der Waals surface area contributed by atoms with Crippen molar-refractivity contribution >= 4 is 5.95 Å². The Morgan fingerprint density at radius 3 is 2.70 bits per heavy atom. The summed E-state index contributed by atoms with van der Waals surface area (Å²) in [5, 5.41) is 14.2. The fourth-order valence-electron chi connectivity index (χ4n) is 2.55. The summed E-state index contributed by atoms with van der Waals surface area (Å²) in [7, 11) is 0. The van der Waals surface area contributed by atoms with Crippen molar-refractivity contribution < 1.29 is 0 Å². The highest BCUT2D eigenvalue weighted by molar-refractivity contribution is 5.57. The molecule has 0 atom stereocenters. The molecule has 108 valence electrons. The molecule has 7 heteroatoms. The first-order chi connectivity index (χ1) is 9.61. The van der Waals surface area contributed by atoms with E-state index in [1.54, 1.807) is 6.20 Å². The second-order valence-corrected chi connectivity index (χ2v) is 5.89. The third-order valence-corrected chi connectivity index (χ3v) is 4.30. The number of hydrogen-bond acceptors (Lipinski definition) is 5. The lowest BCUT2D eigenvalue weighted by Gasteiger charge is -2.38. The first-order valence-corrected chi connectivity index (χ1v) is 6.99. The fourth-order valence-corrected chi connectivity index (χ4v) is 2.55. The molecule has 0 aromatic carbocycles. The highest BCUT2D eigenvalue weighted by atomic mass is 15.4. The van der Waals surface area contributed by atoms with Crippen LogP contribution in [-0.4, -0.2) is 45.0 Å². The van der Waals surface area contributed by atoms with Gasteiger partial charge >= 0.3 is 0 Å². The second-order valence-electron chi connectivity index (χ2n) is 5.89. The molecule has 3 heterocycles. The predicted octanol–water partition coefficient (Wildman–Crippen LogP) is 1.07. The zero-order chi connectivity index (χ0) is 14.2. The van der Waals surface area contributed by atoms with Gasteiger partial charge in [0.25, 0.3) is 0 Å². The summed E-state index contributed by atoms with van der Waals surface area (Å²) in [4.78, 5) is 6.79. The van der Waals surface area contributed by atoms with Crippen molar-refractivity contribution in [2.45, 2.75) is 26.7 Å². The van der Waals surface area contributed by atoms with Gasteiger partial charge in [-0.1, -0.05) is 6.92 Å². The van der Waals surface area contributed by atoms with Gasteiger partial charge in [0.15, 0.2) is 5.82 Å². The molecule has 1 aliphatic heterocycles. The molecular formula is C13H21N7. The number of aromatic nitrogens is 5. The van der Waals surface area contributed by atoms with E-state index in [4.69, 9.17) is 5.73 Å². The summed E-state index contributed by atoms with van der Waals surface area (Å²) in [5.74, 6) is 1.53. The number of H-pyrrole nitrogens is 2. The predicted molar refractivity (Wildman–Crippen MR) is 77.3 cm³/mol. The Bertz CT molecular complexity index is 577. The Kier molecular flexibility index (Phi) is 3.21. The quantitative estimate of drug-likeness (QED) is 0.778. The Morgan fingerprint density at radius 2 is 2.10 bits per heavy atom. The topological polar surface area (TPSA) is 99.5 Å². The zero-order valence-corrected chi connectivity index (χ0v) is 12.0. The van der Waals surface area contributed by atoms with Crippen LogP contribution in [-0.2, 0) is 0 Å². The molecule has 4 N–H and O–H groups in total. The van der Waals surface area contributed by atoms with Gasteiger partial charge in [-0.3, -0.25) is 10.2 Å². The lowest BCUT2D eigenvalue weighted by Crippen LogP contribution is -2.42. The van der Waals surface area contributed by atoms with Crippen LogP contribution >= 0.6 is 0 Å². The SMILES string of the molecule is Cc1[nH]ncc1-c1nc(N2CCC(C)(CN)CC2)n[nH]1. The number of nitrogens with one attached hydrogen (secondary N) is 2. The number of aromatic amines is 2. The van der Waals surface area contributed by atoms with Crippen molar-refractivity contribution in [1.29, 1.82) is 0 Å². The summed E-state index contributed by atoms with van der Waals surface area (Å²) in [5.41, 5.74) is 8.05. The highest BCUT2D eigenvalue weighted by Crippen LogP contribution is 2.31. The van der Waals surface area contributed by atoms with Gasteiger partial charge in [-0.05, 0) is 31.7 Å². The van der Waals surface area contributed by atoms with Crippen LogP contribution in [0.2, 0.25) is 0 Å². The number of anilines is 1. The van der Waals surface area contributed by atoms with Crippen LogP contribution in [0.25, 0.3) is 11.4 Å².